The average molecular weight is 450 g/mol. The summed E-state index contributed by atoms with van der Waals surface area (Å²) < 4.78 is 37.8. The van der Waals surface area contributed by atoms with Crippen LogP contribution >= 0.6 is 0 Å². The summed E-state index contributed by atoms with van der Waals surface area (Å²) in [5, 5.41) is 16.1. The Labute approximate surface area is 183 Å². The molecule has 1 aliphatic carbocycles. The molecule has 32 heavy (non-hydrogen) atoms. The van der Waals surface area contributed by atoms with Crippen LogP contribution in [-0.2, 0) is 11.0 Å². The highest BCUT2D eigenvalue weighted by atomic mass is 19.4. The summed E-state index contributed by atoms with van der Waals surface area (Å²) in [4.78, 5) is 23.4. The minimum Gasteiger partial charge on any atom is -0.366 e. The van der Waals surface area contributed by atoms with Crippen LogP contribution in [0.4, 0.5) is 36.4 Å². The number of aromatic nitrogens is 4. The third-order valence-electron chi connectivity index (χ3n) is 5.75. The van der Waals surface area contributed by atoms with Crippen molar-refractivity contribution in [2.24, 2.45) is 5.92 Å². The fourth-order valence-corrected chi connectivity index (χ4v) is 4.08. The highest BCUT2D eigenvalue weighted by molar-refractivity contribution is 6.03. The molecule has 1 unspecified atom stereocenters. The van der Waals surface area contributed by atoms with Gasteiger partial charge in [0.15, 0.2) is 11.5 Å². The number of rotatable bonds is 5. The predicted octanol–water partition coefficient (Wildman–Crippen LogP) is 3.06. The van der Waals surface area contributed by atoms with Crippen molar-refractivity contribution in [1.82, 2.24) is 20.2 Å². The number of alkyl halides is 3. The molecule has 0 bridgehead atoms. The van der Waals surface area contributed by atoms with Gasteiger partial charge < -0.3 is 20.9 Å². The van der Waals surface area contributed by atoms with E-state index in [-0.39, 0.29) is 30.0 Å². The van der Waals surface area contributed by atoms with Crippen LogP contribution in [0.3, 0.4) is 0 Å². The molecule has 3 heterocycles. The van der Waals surface area contributed by atoms with E-state index in [0.717, 1.165) is 18.9 Å². The van der Waals surface area contributed by atoms with E-state index in [2.05, 4.69) is 36.1 Å². The van der Waals surface area contributed by atoms with Crippen molar-refractivity contribution < 1.29 is 18.0 Å². The van der Waals surface area contributed by atoms with Gasteiger partial charge in [-0.15, -0.1) is 10.2 Å². The molecule has 0 saturated heterocycles. The molecule has 172 valence electrons. The molecule has 3 N–H and O–H groups in total. The highest BCUT2D eigenvalue weighted by Gasteiger charge is 2.36. The van der Waals surface area contributed by atoms with Gasteiger partial charge in [0.1, 0.15) is 17.5 Å². The Hall–Kier alpha value is -3.18. The molecule has 1 fully saturated rings. The maximum absolute atomic E-state index is 12.6. The van der Waals surface area contributed by atoms with Crippen molar-refractivity contribution in [3.8, 4) is 0 Å². The molecule has 2 aromatic rings. The third-order valence-corrected chi connectivity index (χ3v) is 5.75. The van der Waals surface area contributed by atoms with Gasteiger partial charge in [-0.3, -0.25) is 4.79 Å². The number of nitrogens with one attached hydrogen (secondary N) is 3. The zero-order chi connectivity index (χ0) is 23.2. The second-order valence-electron chi connectivity index (χ2n) is 8.58. The number of hydrogen-bond acceptors (Lipinski definition) is 8. The van der Waals surface area contributed by atoms with Crippen LogP contribution in [0, 0.1) is 12.8 Å². The molecule has 1 amide bonds. The Bertz CT molecular complexity index is 1010. The van der Waals surface area contributed by atoms with Gasteiger partial charge in [0, 0.05) is 19.1 Å². The topological polar surface area (TPSA) is 108 Å². The Kier molecular flexibility index (Phi) is 5.55. The molecule has 2 aliphatic rings. The lowest BCUT2D eigenvalue weighted by Gasteiger charge is -2.38. The van der Waals surface area contributed by atoms with Crippen molar-refractivity contribution >= 4 is 29.2 Å². The number of carbonyl (C=O) groups is 1. The summed E-state index contributed by atoms with van der Waals surface area (Å²) in [6.45, 7) is 5.80. The van der Waals surface area contributed by atoms with Crippen LogP contribution in [0.25, 0.3) is 0 Å². The first-order chi connectivity index (χ1) is 15.0. The standard InChI is InChI=1S/C20H25F3N8O/c1-9(2)16-18(32)27-15-10(3)24-19(28-17(15)31(16)4)26-12-7-11(8-12)25-14-6-5-13(29-30-14)20(21,22)23/h5-6,9,11-12,16H,7-8H2,1-4H3,(H,25,30)(H,27,32)(H,24,26,28)/t11-,12-,16?. The van der Waals surface area contributed by atoms with Crippen LogP contribution in [0.5, 0.6) is 0 Å². The van der Waals surface area contributed by atoms with Gasteiger partial charge in [-0.1, -0.05) is 13.8 Å². The molecule has 1 saturated carbocycles. The van der Waals surface area contributed by atoms with Gasteiger partial charge in [-0.05, 0) is 37.8 Å². The van der Waals surface area contributed by atoms with Gasteiger partial charge in [-0.25, -0.2) is 4.98 Å². The number of nitrogens with zero attached hydrogens (tertiary/aromatic N) is 5. The molecule has 9 nitrogen and oxygen atoms in total. The number of halogens is 3. The number of anilines is 4. The van der Waals surface area contributed by atoms with Gasteiger partial charge in [0.2, 0.25) is 11.9 Å². The Balaban J connectivity index is 1.37. The highest BCUT2D eigenvalue weighted by Crippen LogP contribution is 2.35. The second kappa shape index (κ2) is 8.06. The van der Waals surface area contributed by atoms with Crippen molar-refractivity contribution in [2.75, 3.05) is 27.9 Å². The van der Waals surface area contributed by atoms with Gasteiger partial charge in [-0.2, -0.15) is 18.2 Å². The lowest BCUT2D eigenvalue weighted by Crippen LogP contribution is -2.50. The maximum Gasteiger partial charge on any atom is 0.435 e. The molecule has 2 aromatic heterocycles. The fourth-order valence-electron chi connectivity index (χ4n) is 4.08. The van der Waals surface area contributed by atoms with Crippen LogP contribution in [0.15, 0.2) is 12.1 Å². The summed E-state index contributed by atoms with van der Waals surface area (Å²) in [7, 11) is 1.85. The van der Waals surface area contributed by atoms with Crippen molar-refractivity contribution in [3.63, 3.8) is 0 Å². The minimum absolute atomic E-state index is 0.0598. The molecule has 1 aliphatic heterocycles. The lowest BCUT2D eigenvalue weighted by atomic mass is 9.87. The van der Waals surface area contributed by atoms with E-state index < -0.39 is 11.9 Å². The van der Waals surface area contributed by atoms with Gasteiger partial charge in [0.25, 0.3) is 0 Å². The molecular formula is C20H25F3N8O. The summed E-state index contributed by atoms with van der Waals surface area (Å²) in [5.41, 5.74) is 0.278. The largest absolute Gasteiger partial charge is 0.435 e. The quantitative estimate of drug-likeness (QED) is 0.638. The summed E-state index contributed by atoms with van der Waals surface area (Å²) in [5.74, 6) is 1.50. The van der Waals surface area contributed by atoms with E-state index in [1.807, 2.05) is 32.7 Å². The molecule has 12 heteroatoms. The Morgan fingerprint density at radius 3 is 2.41 bits per heavy atom. The van der Waals surface area contributed by atoms with Gasteiger partial charge >= 0.3 is 6.18 Å². The first-order valence-electron chi connectivity index (χ1n) is 10.4. The fraction of sp³-hybridized carbons (Fsp3) is 0.550. The first kappa shape index (κ1) is 22.0. The Morgan fingerprint density at radius 1 is 1.12 bits per heavy atom. The summed E-state index contributed by atoms with van der Waals surface area (Å²) in [6, 6.07) is 2.04. The second-order valence-corrected chi connectivity index (χ2v) is 8.58. The van der Waals surface area contributed by atoms with E-state index in [0.29, 0.717) is 29.0 Å². The molecule has 1 atom stereocenters. The van der Waals surface area contributed by atoms with Crippen molar-refractivity contribution in [3.05, 3.63) is 23.5 Å². The van der Waals surface area contributed by atoms with Crippen LogP contribution in [0.1, 0.15) is 38.1 Å². The average Bonchev–Trinajstić information content (AvgIpc) is 2.67. The van der Waals surface area contributed by atoms with E-state index in [1.165, 1.54) is 6.07 Å². The number of aryl methyl sites for hydroxylation is 1. The summed E-state index contributed by atoms with van der Waals surface area (Å²) in [6.07, 6.45) is -3.05. The smallest absolute Gasteiger partial charge is 0.366 e. The van der Waals surface area contributed by atoms with Crippen molar-refractivity contribution in [2.45, 2.75) is 57.9 Å². The molecule has 0 spiro atoms. The normalized spacial score (nSPS) is 22.8. The van der Waals surface area contributed by atoms with E-state index >= 15 is 0 Å². The number of likely N-dealkylation sites (N-methyl/N-ethyl adjacent to an activating group) is 1. The Morgan fingerprint density at radius 2 is 1.81 bits per heavy atom. The SMILES string of the molecule is Cc1nc(N[C@H]2C[C@H](Nc3ccc(C(F)(F)F)nn3)C2)nc2c1NC(=O)C(C(C)C)N2C. The number of carbonyl (C=O) groups excluding carboxylic acids is 1. The summed E-state index contributed by atoms with van der Waals surface area (Å²) >= 11 is 0. The minimum atomic E-state index is -4.50. The van der Waals surface area contributed by atoms with Crippen LogP contribution in [0.2, 0.25) is 0 Å². The number of fused-ring (bicyclic) bond motifs is 1. The van der Waals surface area contributed by atoms with E-state index in [1.54, 1.807) is 0 Å². The monoisotopic (exact) mass is 450 g/mol. The third kappa shape index (κ3) is 4.26. The van der Waals surface area contributed by atoms with E-state index in [4.69, 9.17) is 0 Å². The predicted molar refractivity (Wildman–Crippen MR) is 114 cm³/mol. The number of amides is 1. The van der Waals surface area contributed by atoms with Gasteiger partial charge in [0.05, 0.1) is 5.69 Å². The molecule has 4 rings (SSSR count). The molecule has 0 radical (unpaired) electrons. The first-order valence-corrected chi connectivity index (χ1v) is 10.4. The zero-order valence-electron chi connectivity index (χ0n) is 18.2. The van der Waals surface area contributed by atoms with E-state index in [9.17, 15) is 18.0 Å². The van der Waals surface area contributed by atoms with Crippen molar-refractivity contribution in [1.29, 1.82) is 0 Å². The lowest BCUT2D eigenvalue weighted by molar-refractivity contribution is -0.141. The number of hydrogen-bond donors (Lipinski definition) is 3. The zero-order valence-corrected chi connectivity index (χ0v) is 18.2. The molecule has 0 aromatic carbocycles. The molecular weight excluding hydrogens is 425 g/mol. The van der Waals surface area contributed by atoms with Crippen LogP contribution in [-0.4, -0.2) is 51.2 Å². The maximum atomic E-state index is 12.6. The van der Waals surface area contributed by atoms with Crippen LogP contribution < -0.4 is 20.9 Å².